The molecule has 142 valence electrons. The number of carbonyl (C=O) groups is 1. The molecule has 2 aromatic rings. The van der Waals surface area contributed by atoms with Crippen LogP contribution in [0.25, 0.3) is 11.0 Å². The van der Waals surface area contributed by atoms with Crippen LogP contribution in [0.2, 0.25) is 5.02 Å². The number of benzene rings is 1. The summed E-state index contributed by atoms with van der Waals surface area (Å²) in [5.74, 6) is 0.253. The molecule has 6 nitrogen and oxygen atoms in total. The summed E-state index contributed by atoms with van der Waals surface area (Å²) in [7, 11) is 3.55. The highest BCUT2D eigenvalue weighted by atomic mass is 35.5. The smallest absolute Gasteiger partial charge is 0.410 e. The van der Waals surface area contributed by atoms with Gasteiger partial charge >= 0.3 is 11.8 Å². The van der Waals surface area contributed by atoms with E-state index in [2.05, 4.69) is 0 Å². The van der Waals surface area contributed by atoms with Gasteiger partial charge in [0.2, 0.25) is 0 Å². The minimum Gasteiger partial charge on any atom is -0.444 e. The van der Waals surface area contributed by atoms with Crippen LogP contribution in [-0.2, 0) is 18.8 Å². The Hall–Kier alpha value is -1.95. The van der Waals surface area contributed by atoms with Crippen molar-refractivity contribution in [2.75, 3.05) is 13.1 Å². The monoisotopic (exact) mass is 379 g/mol. The molecule has 0 atom stereocenters. The SMILES string of the molecule is Cn1c(=O)n(C)c2c(C3CCN(C(=O)OC(C)(C)C)CC3)cc(Cl)cc21. The van der Waals surface area contributed by atoms with E-state index in [9.17, 15) is 9.59 Å². The van der Waals surface area contributed by atoms with Gasteiger partial charge in [0.25, 0.3) is 0 Å². The molecule has 1 amide bonds. The first kappa shape index (κ1) is 18.8. The first-order valence-electron chi connectivity index (χ1n) is 8.91. The summed E-state index contributed by atoms with van der Waals surface area (Å²) >= 11 is 6.32. The standard InChI is InChI=1S/C19H26ClN3O3/c1-19(2,3)26-18(25)23-8-6-12(7-9-23)14-10-13(20)11-15-16(14)22(5)17(24)21(15)4/h10-12H,6-9H2,1-5H3. The van der Waals surface area contributed by atoms with Gasteiger partial charge in [0.15, 0.2) is 0 Å². The predicted molar refractivity (Wildman–Crippen MR) is 103 cm³/mol. The Morgan fingerprint density at radius 1 is 1.15 bits per heavy atom. The van der Waals surface area contributed by atoms with E-state index in [1.165, 1.54) is 0 Å². The summed E-state index contributed by atoms with van der Waals surface area (Å²) in [5, 5.41) is 0.628. The van der Waals surface area contributed by atoms with Crippen LogP contribution in [-0.4, -0.2) is 38.8 Å². The minimum absolute atomic E-state index is 0.0605. The van der Waals surface area contributed by atoms with Gasteiger partial charge in [-0.15, -0.1) is 0 Å². The minimum atomic E-state index is -0.491. The van der Waals surface area contributed by atoms with E-state index in [1.54, 1.807) is 28.1 Å². The van der Waals surface area contributed by atoms with Crippen molar-refractivity contribution >= 4 is 28.7 Å². The number of nitrogens with zero attached hydrogens (tertiary/aromatic N) is 3. The Morgan fingerprint density at radius 2 is 1.77 bits per heavy atom. The van der Waals surface area contributed by atoms with Gasteiger partial charge in [0, 0.05) is 32.2 Å². The van der Waals surface area contributed by atoms with Gasteiger partial charge in [-0.25, -0.2) is 9.59 Å². The number of amides is 1. The highest BCUT2D eigenvalue weighted by molar-refractivity contribution is 6.31. The van der Waals surface area contributed by atoms with Crippen molar-refractivity contribution in [3.05, 3.63) is 33.2 Å². The van der Waals surface area contributed by atoms with Crippen LogP contribution >= 0.6 is 11.6 Å². The van der Waals surface area contributed by atoms with E-state index < -0.39 is 5.60 Å². The highest BCUT2D eigenvalue weighted by Crippen LogP contribution is 2.35. The number of likely N-dealkylation sites (tertiary alicyclic amines) is 1. The quantitative estimate of drug-likeness (QED) is 0.760. The lowest BCUT2D eigenvalue weighted by Crippen LogP contribution is -2.41. The molecule has 1 aromatic heterocycles. The molecule has 0 aliphatic carbocycles. The predicted octanol–water partition coefficient (Wildman–Crippen LogP) is 3.64. The molecule has 0 unspecified atom stereocenters. The Balaban J connectivity index is 1.85. The molecule has 1 aromatic carbocycles. The van der Waals surface area contributed by atoms with Gasteiger partial charge in [-0.2, -0.15) is 0 Å². The molecule has 1 aliphatic rings. The normalized spacial score (nSPS) is 16.3. The van der Waals surface area contributed by atoms with Crippen LogP contribution in [0.5, 0.6) is 0 Å². The summed E-state index contributed by atoms with van der Waals surface area (Å²) in [4.78, 5) is 26.3. The first-order chi connectivity index (χ1) is 12.1. The lowest BCUT2D eigenvalue weighted by Gasteiger charge is -2.33. The van der Waals surface area contributed by atoms with E-state index in [4.69, 9.17) is 16.3 Å². The number of aryl methyl sites for hydroxylation is 2. The fraction of sp³-hybridized carbons (Fsp3) is 0.579. The molecule has 1 fully saturated rings. The maximum absolute atomic E-state index is 12.3. The second-order valence-corrected chi connectivity index (χ2v) is 8.44. The Bertz CT molecular complexity index is 899. The zero-order chi connectivity index (χ0) is 19.2. The number of hydrogen-bond acceptors (Lipinski definition) is 3. The molecule has 0 radical (unpaired) electrons. The van der Waals surface area contributed by atoms with Crippen LogP contribution in [0.1, 0.15) is 45.1 Å². The van der Waals surface area contributed by atoms with Crippen molar-refractivity contribution in [3.63, 3.8) is 0 Å². The fourth-order valence-electron chi connectivity index (χ4n) is 3.66. The number of fused-ring (bicyclic) bond motifs is 1. The lowest BCUT2D eigenvalue weighted by molar-refractivity contribution is 0.0205. The molecule has 0 bridgehead atoms. The van der Waals surface area contributed by atoms with Crippen molar-refractivity contribution in [2.24, 2.45) is 14.1 Å². The Labute approximate surface area is 158 Å². The van der Waals surface area contributed by atoms with Crippen LogP contribution < -0.4 is 5.69 Å². The van der Waals surface area contributed by atoms with E-state index in [-0.39, 0.29) is 17.7 Å². The number of rotatable bonds is 1. The second kappa shape index (κ2) is 6.65. The number of halogens is 1. The van der Waals surface area contributed by atoms with E-state index in [1.807, 2.05) is 32.9 Å². The largest absolute Gasteiger partial charge is 0.444 e. The molecule has 1 aliphatic heterocycles. The zero-order valence-electron chi connectivity index (χ0n) is 16.0. The summed E-state index contributed by atoms with van der Waals surface area (Å²) in [6.45, 7) is 6.88. The van der Waals surface area contributed by atoms with E-state index >= 15 is 0 Å². The molecule has 3 rings (SSSR count). The van der Waals surface area contributed by atoms with Gasteiger partial charge in [-0.1, -0.05) is 11.6 Å². The van der Waals surface area contributed by atoms with Gasteiger partial charge in [0.1, 0.15) is 5.60 Å². The number of aromatic nitrogens is 2. The molecule has 0 spiro atoms. The fourth-order valence-corrected chi connectivity index (χ4v) is 3.88. The van der Waals surface area contributed by atoms with Gasteiger partial charge in [-0.3, -0.25) is 9.13 Å². The molecule has 2 heterocycles. The summed E-state index contributed by atoms with van der Waals surface area (Å²) in [6.07, 6.45) is 1.37. The van der Waals surface area contributed by atoms with Crippen LogP contribution in [0.15, 0.2) is 16.9 Å². The molecule has 1 saturated heterocycles. The van der Waals surface area contributed by atoms with Crippen molar-refractivity contribution < 1.29 is 9.53 Å². The van der Waals surface area contributed by atoms with Crippen molar-refractivity contribution in [2.45, 2.75) is 45.1 Å². The number of piperidine rings is 1. The highest BCUT2D eigenvalue weighted by Gasteiger charge is 2.29. The lowest BCUT2D eigenvalue weighted by atomic mass is 9.88. The maximum Gasteiger partial charge on any atom is 0.410 e. The van der Waals surface area contributed by atoms with Gasteiger partial charge in [0.05, 0.1) is 11.0 Å². The third-order valence-corrected chi connectivity index (χ3v) is 5.16. The maximum atomic E-state index is 12.3. The molecule has 26 heavy (non-hydrogen) atoms. The molecule has 0 N–H and O–H groups in total. The number of carbonyl (C=O) groups excluding carboxylic acids is 1. The van der Waals surface area contributed by atoms with Crippen molar-refractivity contribution in [1.82, 2.24) is 14.0 Å². The van der Waals surface area contributed by atoms with Crippen molar-refractivity contribution in [1.29, 1.82) is 0 Å². The van der Waals surface area contributed by atoms with Gasteiger partial charge in [-0.05, 0) is 57.2 Å². The number of hydrogen-bond donors (Lipinski definition) is 0. The third-order valence-electron chi connectivity index (χ3n) is 4.94. The third kappa shape index (κ3) is 3.47. The van der Waals surface area contributed by atoms with Crippen LogP contribution in [0.4, 0.5) is 4.79 Å². The summed E-state index contributed by atoms with van der Waals surface area (Å²) < 4.78 is 8.77. The van der Waals surface area contributed by atoms with Gasteiger partial charge < -0.3 is 9.64 Å². The Morgan fingerprint density at radius 3 is 2.35 bits per heavy atom. The van der Waals surface area contributed by atoms with E-state index in [0.29, 0.717) is 18.1 Å². The number of ether oxygens (including phenoxy) is 1. The molecular formula is C19H26ClN3O3. The average molecular weight is 380 g/mol. The molecular weight excluding hydrogens is 354 g/mol. The van der Waals surface area contributed by atoms with Crippen LogP contribution in [0, 0.1) is 0 Å². The topological polar surface area (TPSA) is 56.5 Å². The second-order valence-electron chi connectivity index (χ2n) is 8.01. The van der Waals surface area contributed by atoms with E-state index in [0.717, 1.165) is 29.4 Å². The average Bonchev–Trinajstić information content (AvgIpc) is 2.77. The first-order valence-corrected chi connectivity index (χ1v) is 9.29. The Kier molecular flexibility index (Phi) is 4.82. The van der Waals surface area contributed by atoms with Crippen molar-refractivity contribution in [3.8, 4) is 0 Å². The summed E-state index contributed by atoms with van der Waals surface area (Å²) in [5.41, 5.74) is 2.30. The zero-order valence-corrected chi connectivity index (χ0v) is 16.8. The molecule has 7 heteroatoms. The number of imidazole rings is 1. The molecule has 0 saturated carbocycles. The van der Waals surface area contributed by atoms with Crippen LogP contribution in [0.3, 0.4) is 0 Å². The summed E-state index contributed by atoms with van der Waals surface area (Å²) in [6, 6.07) is 3.79.